The molecule has 0 fully saturated rings. The minimum absolute atomic E-state index is 0.283. The van der Waals surface area contributed by atoms with E-state index in [-0.39, 0.29) is 6.04 Å². The normalized spacial score (nSPS) is 12.5. The number of nitrogens with one attached hydrogen (secondary N) is 1. The molecule has 0 spiro atoms. The smallest absolute Gasteiger partial charge is 0.222 e. The first-order valence-corrected chi connectivity index (χ1v) is 4.54. The van der Waals surface area contributed by atoms with Crippen LogP contribution in [0, 0.1) is 0 Å². The van der Waals surface area contributed by atoms with Crippen molar-refractivity contribution in [1.82, 2.24) is 9.97 Å². The van der Waals surface area contributed by atoms with E-state index in [0.29, 0.717) is 17.5 Å². The quantitative estimate of drug-likeness (QED) is 0.769. The van der Waals surface area contributed by atoms with E-state index in [4.69, 9.17) is 17.3 Å². The Kier molecular flexibility index (Phi) is 3.92. The molecule has 0 aliphatic carbocycles. The molecular formula is C8H13ClN4. The molecule has 1 aromatic rings. The van der Waals surface area contributed by atoms with Crippen molar-refractivity contribution in [2.75, 3.05) is 11.9 Å². The Morgan fingerprint density at radius 2 is 2.15 bits per heavy atom. The first-order valence-electron chi connectivity index (χ1n) is 4.16. The summed E-state index contributed by atoms with van der Waals surface area (Å²) in [5.74, 6) is 0.588. The summed E-state index contributed by atoms with van der Waals surface area (Å²) in [7, 11) is 0. The Morgan fingerprint density at radius 3 is 2.69 bits per heavy atom. The van der Waals surface area contributed by atoms with E-state index in [0.717, 1.165) is 6.42 Å². The lowest BCUT2D eigenvalue weighted by molar-refractivity contribution is 0.709. The molecule has 0 saturated heterocycles. The van der Waals surface area contributed by atoms with E-state index >= 15 is 0 Å². The van der Waals surface area contributed by atoms with Crippen molar-refractivity contribution in [2.24, 2.45) is 5.73 Å². The summed E-state index contributed by atoms with van der Waals surface area (Å²) in [5.41, 5.74) is 5.41. The molecule has 4 nitrogen and oxygen atoms in total. The van der Waals surface area contributed by atoms with Crippen LogP contribution in [0.1, 0.15) is 13.3 Å². The van der Waals surface area contributed by atoms with Gasteiger partial charge in [-0.05, 0) is 19.9 Å². The van der Waals surface area contributed by atoms with Gasteiger partial charge in [-0.2, -0.15) is 0 Å². The van der Waals surface area contributed by atoms with Crippen molar-refractivity contribution in [3.63, 3.8) is 0 Å². The fourth-order valence-corrected chi connectivity index (χ4v) is 1.03. The van der Waals surface area contributed by atoms with Crippen LogP contribution in [0.25, 0.3) is 0 Å². The van der Waals surface area contributed by atoms with Gasteiger partial charge in [0.05, 0.1) is 17.4 Å². The zero-order valence-electron chi connectivity index (χ0n) is 7.50. The second-order valence-corrected chi connectivity index (χ2v) is 3.28. The molecule has 0 radical (unpaired) electrons. The second kappa shape index (κ2) is 4.99. The summed E-state index contributed by atoms with van der Waals surface area (Å²) >= 11 is 5.64. The lowest BCUT2D eigenvalue weighted by Gasteiger charge is -2.11. The Balaban J connectivity index is 2.49. The van der Waals surface area contributed by atoms with E-state index in [1.165, 1.54) is 0 Å². The van der Waals surface area contributed by atoms with Crippen LogP contribution in [0.5, 0.6) is 0 Å². The van der Waals surface area contributed by atoms with Crippen LogP contribution in [0.4, 0.5) is 5.95 Å². The number of aromatic nitrogens is 2. The van der Waals surface area contributed by atoms with Gasteiger partial charge in [0, 0.05) is 6.04 Å². The third-order valence-electron chi connectivity index (χ3n) is 1.60. The average molecular weight is 201 g/mol. The van der Waals surface area contributed by atoms with Gasteiger partial charge >= 0.3 is 0 Å². The number of nitrogens with two attached hydrogens (primary N) is 1. The Labute approximate surface area is 82.5 Å². The number of anilines is 1. The molecule has 13 heavy (non-hydrogen) atoms. The highest BCUT2D eigenvalue weighted by Gasteiger charge is 2.01. The molecule has 0 saturated carbocycles. The van der Waals surface area contributed by atoms with Crippen molar-refractivity contribution >= 4 is 17.5 Å². The molecule has 0 aliphatic heterocycles. The van der Waals surface area contributed by atoms with Gasteiger partial charge in [0.15, 0.2) is 0 Å². The molecule has 3 N–H and O–H groups in total. The molecule has 72 valence electrons. The number of rotatable bonds is 4. The molecule has 0 amide bonds. The first kappa shape index (κ1) is 10.2. The van der Waals surface area contributed by atoms with Crippen molar-refractivity contribution in [3.8, 4) is 0 Å². The standard InChI is InChI=1S/C8H13ClN4/c1-6(2-3-10)13-8-11-4-7(9)5-12-8/h4-6H,2-3,10H2,1H3,(H,11,12,13). The van der Waals surface area contributed by atoms with Gasteiger partial charge in [0.1, 0.15) is 0 Å². The van der Waals surface area contributed by atoms with Gasteiger partial charge in [-0.15, -0.1) is 0 Å². The zero-order valence-corrected chi connectivity index (χ0v) is 8.25. The molecule has 5 heteroatoms. The molecule has 0 aliphatic rings. The third kappa shape index (κ3) is 3.57. The van der Waals surface area contributed by atoms with Gasteiger partial charge in [0.2, 0.25) is 5.95 Å². The maximum Gasteiger partial charge on any atom is 0.222 e. The highest BCUT2D eigenvalue weighted by atomic mass is 35.5. The Hall–Kier alpha value is -0.870. The summed E-state index contributed by atoms with van der Waals surface area (Å²) in [4.78, 5) is 8.01. The monoisotopic (exact) mass is 200 g/mol. The topological polar surface area (TPSA) is 63.8 Å². The number of hydrogen-bond donors (Lipinski definition) is 2. The highest BCUT2D eigenvalue weighted by molar-refractivity contribution is 6.30. The summed E-state index contributed by atoms with van der Waals surface area (Å²) in [6, 6.07) is 0.283. The second-order valence-electron chi connectivity index (χ2n) is 2.85. The molecule has 1 atom stereocenters. The van der Waals surface area contributed by atoms with Gasteiger partial charge in [-0.1, -0.05) is 11.6 Å². The van der Waals surface area contributed by atoms with Crippen LogP contribution >= 0.6 is 11.6 Å². The predicted octanol–water partition coefficient (Wildman–Crippen LogP) is 1.28. The van der Waals surface area contributed by atoms with Crippen LogP contribution in [-0.2, 0) is 0 Å². The first-order chi connectivity index (χ1) is 6.22. The van der Waals surface area contributed by atoms with E-state index in [1.807, 2.05) is 6.92 Å². The molecule has 1 unspecified atom stereocenters. The predicted molar refractivity (Wildman–Crippen MR) is 53.8 cm³/mol. The molecule has 1 rings (SSSR count). The van der Waals surface area contributed by atoms with E-state index in [2.05, 4.69) is 15.3 Å². The summed E-state index contributed by atoms with van der Waals surface area (Å²) < 4.78 is 0. The minimum Gasteiger partial charge on any atom is -0.352 e. The van der Waals surface area contributed by atoms with E-state index in [1.54, 1.807) is 12.4 Å². The van der Waals surface area contributed by atoms with Crippen LogP contribution < -0.4 is 11.1 Å². The number of halogens is 1. The maximum absolute atomic E-state index is 5.64. The number of nitrogens with zero attached hydrogens (tertiary/aromatic N) is 2. The SMILES string of the molecule is CC(CCN)Nc1ncc(Cl)cn1. The van der Waals surface area contributed by atoms with Gasteiger partial charge < -0.3 is 11.1 Å². The Morgan fingerprint density at radius 1 is 1.54 bits per heavy atom. The summed E-state index contributed by atoms with van der Waals surface area (Å²) in [6.07, 6.45) is 4.02. The van der Waals surface area contributed by atoms with Crippen molar-refractivity contribution in [3.05, 3.63) is 17.4 Å². The van der Waals surface area contributed by atoms with Crippen LogP contribution in [-0.4, -0.2) is 22.6 Å². The van der Waals surface area contributed by atoms with Crippen LogP contribution in [0.3, 0.4) is 0 Å². The van der Waals surface area contributed by atoms with E-state index in [9.17, 15) is 0 Å². The Bertz CT molecular complexity index is 249. The van der Waals surface area contributed by atoms with Crippen molar-refractivity contribution in [2.45, 2.75) is 19.4 Å². The molecule has 1 heterocycles. The van der Waals surface area contributed by atoms with Gasteiger partial charge in [-0.25, -0.2) is 9.97 Å². The van der Waals surface area contributed by atoms with Crippen LogP contribution in [0.15, 0.2) is 12.4 Å². The number of hydrogen-bond acceptors (Lipinski definition) is 4. The summed E-state index contributed by atoms with van der Waals surface area (Å²) in [6.45, 7) is 2.69. The third-order valence-corrected chi connectivity index (χ3v) is 1.79. The highest BCUT2D eigenvalue weighted by Crippen LogP contribution is 2.06. The van der Waals surface area contributed by atoms with Crippen LogP contribution in [0.2, 0.25) is 5.02 Å². The molecule has 1 aromatic heterocycles. The average Bonchev–Trinajstić information content (AvgIpc) is 2.09. The lowest BCUT2D eigenvalue weighted by Crippen LogP contribution is -2.20. The largest absolute Gasteiger partial charge is 0.352 e. The molecule has 0 aromatic carbocycles. The summed E-state index contributed by atoms with van der Waals surface area (Å²) in [5, 5.41) is 3.65. The zero-order chi connectivity index (χ0) is 9.68. The molecule has 0 bridgehead atoms. The van der Waals surface area contributed by atoms with E-state index < -0.39 is 0 Å². The maximum atomic E-state index is 5.64. The van der Waals surface area contributed by atoms with Crippen molar-refractivity contribution < 1.29 is 0 Å². The minimum atomic E-state index is 0.283. The van der Waals surface area contributed by atoms with Gasteiger partial charge in [-0.3, -0.25) is 0 Å². The molecular weight excluding hydrogens is 188 g/mol. The van der Waals surface area contributed by atoms with Crippen molar-refractivity contribution in [1.29, 1.82) is 0 Å². The lowest BCUT2D eigenvalue weighted by atomic mass is 10.2. The van der Waals surface area contributed by atoms with Gasteiger partial charge in [0.25, 0.3) is 0 Å². The fourth-order valence-electron chi connectivity index (χ4n) is 0.929. The fraction of sp³-hybridized carbons (Fsp3) is 0.500.